The van der Waals surface area contributed by atoms with Gasteiger partial charge in [0.05, 0.1) is 30.7 Å². The molecule has 0 aliphatic heterocycles. The van der Waals surface area contributed by atoms with Crippen molar-refractivity contribution in [2.24, 2.45) is 4.99 Å². The van der Waals surface area contributed by atoms with E-state index in [0.29, 0.717) is 5.69 Å². The van der Waals surface area contributed by atoms with E-state index in [4.69, 9.17) is 9.47 Å². The molecule has 0 saturated carbocycles. The maximum absolute atomic E-state index is 11.8. The van der Waals surface area contributed by atoms with Crippen molar-refractivity contribution in [2.75, 3.05) is 13.2 Å². The van der Waals surface area contributed by atoms with Gasteiger partial charge in [0.1, 0.15) is 0 Å². The molecule has 1 amide bonds. The van der Waals surface area contributed by atoms with E-state index in [1.54, 1.807) is 26.0 Å². The Morgan fingerprint density at radius 3 is 2.52 bits per heavy atom. The summed E-state index contributed by atoms with van der Waals surface area (Å²) in [4.78, 5) is 27.9. The summed E-state index contributed by atoms with van der Waals surface area (Å²) in [6, 6.07) is 7.14. The van der Waals surface area contributed by atoms with Crippen LogP contribution in [-0.2, 0) is 9.47 Å². The van der Waals surface area contributed by atoms with E-state index >= 15 is 0 Å². The van der Waals surface area contributed by atoms with Crippen molar-refractivity contribution in [1.29, 1.82) is 0 Å². The molecule has 0 fully saturated rings. The highest BCUT2D eigenvalue weighted by atomic mass is 79.9. The summed E-state index contributed by atoms with van der Waals surface area (Å²) in [5, 5.41) is 6.56. The van der Waals surface area contributed by atoms with E-state index in [9.17, 15) is 9.59 Å². The number of nitrogens with zero attached hydrogens (tertiary/aromatic N) is 3. The van der Waals surface area contributed by atoms with Crippen LogP contribution in [0.2, 0.25) is 0 Å². The zero-order valence-corrected chi connectivity index (χ0v) is 15.3. The second kappa shape index (κ2) is 8.97. The van der Waals surface area contributed by atoms with Gasteiger partial charge in [0.15, 0.2) is 0 Å². The number of esters is 1. The van der Waals surface area contributed by atoms with Gasteiger partial charge in [0.25, 0.3) is 0 Å². The number of benzene rings is 1. The molecule has 0 spiro atoms. The first-order valence-electron chi connectivity index (χ1n) is 7.53. The zero-order chi connectivity index (χ0) is 18.2. The van der Waals surface area contributed by atoms with Crippen LogP contribution in [-0.4, -0.2) is 41.0 Å². The van der Waals surface area contributed by atoms with E-state index in [1.807, 2.05) is 12.1 Å². The predicted molar refractivity (Wildman–Crippen MR) is 95.0 cm³/mol. The van der Waals surface area contributed by atoms with Crippen molar-refractivity contribution >= 4 is 39.6 Å². The van der Waals surface area contributed by atoms with Gasteiger partial charge in [-0.15, -0.1) is 0 Å². The van der Waals surface area contributed by atoms with Crippen LogP contribution in [0.4, 0.5) is 10.5 Å². The van der Waals surface area contributed by atoms with Gasteiger partial charge in [0, 0.05) is 10.7 Å². The van der Waals surface area contributed by atoms with Crippen LogP contribution in [0.3, 0.4) is 0 Å². The van der Waals surface area contributed by atoms with Gasteiger partial charge in [-0.2, -0.15) is 5.10 Å². The van der Waals surface area contributed by atoms with Crippen LogP contribution in [0.5, 0.6) is 0 Å². The molecular formula is C16H17BrN4O4. The molecule has 0 bridgehead atoms. The Bertz CT molecular complexity index is 771. The Hall–Kier alpha value is -2.68. The van der Waals surface area contributed by atoms with Gasteiger partial charge in [-0.1, -0.05) is 15.9 Å². The number of carbonyl (C=O) groups is 2. The van der Waals surface area contributed by atoms with E-state index in [1.165, 1.54) is 17.1 Å². The van der Waals surface area contributed by atoms with E-state index in [2.05, 4.69) is 31.3 Å². The van der Waals surface area contributed by atoms with Crippen LogP contribution >= 0.6 is 15.9 Å². The Kier molecular flexibility index (Phi) is 6.70. The number of nitrogens with one attached hydrogen (secondary N) is 1. The summed E-state index contributed by atoms with van der Waals surface area (Å²) in [5.41, 5.74) is 0.833. The average Bonchev–Trinajstić information content (AvgIpc) is 3.07. The molecule has 1 heterocycles. The fourth-order valence-corrected chi connectivity index (χ4v) is 2.06. The number of halogens is 1. The van der Waals surface area contributed by atoms with Crippen LogP contribution in [0.25, 0.3) is 0 Å². The molecular weight excluding hydrogens is 392 g/mol. The smallest absolute Gasteiger partial charge is 0.414 e. The average molecular weight is 409 g/mol. The highest BCUT2D eigenvalue weighted by molar-refractivity contribution is 9.10. The molecule has 0 radical (unpaired) electrons. The first-order chi connectivity index (χ1) is 12.0. The first kappa shape index (κ1) is 18.7. The number of aromatic nitrogens is 2. The minimum absolute atomic E-state index is 0.0938. The fourth-order valence-electron chi connectivity index (χ4n) is 1.79. The maximum atomic E-state index is 11.8. The van der Waals surface area contributed by atoms with Gasteiger partial charge in [-0.25, -0.2) is 19.3 Å². The number of hydrogen-bond acceptors (Lipinski definition) is 6. The van der Waals surface area contributed by atoms with E-state index < -0.39 is 12.1 Å². The number of alkyl carbamates (subject to hydrolysis) is 1. The Labute approximate surface area is 153 Å². The normalized spacial score (nSPS) is 11.1. The molecule has 0 atom stereocenters. The molecule has 132 valence electrons. The summed E-state index contributed by atoms with van der Waals surface area (Å²) in [7, 11) is 0. The lowest BCUT2D eigenvalue weighted by Crippen LogP contribution is -2.36. The van der Waals surface area contributed by atoms with Gasteiger partial charge < -0.3 is 9.47 Å². The first-order valence-corrected chi connectivity index (χ1v) is 8.33. The summed E-state index contributed by atoms with van der Waals surface area (Å²) in [6.45, 7) is 3.87. The second-order valence-corrected chi connectivity index (χ2v) is 5.57. The number of rotatable bonds is 4. The lowest BCUT2D eigenvalue weighted by molar-refractivity contribution is 0.0526. The van der Waals surface area contributed by atoms with Gasteiger partial charge in [-0.05, 0) is 38.1 Å². The molecule has 2 rings (SSSR count). The fraction of sp³-hybridized carbons (Fsp3) is 0.250. The van der Waals surface area contributed by atoms with Crippen LogP contribution in [0, 0.1) is 0 Å². The van der Waals surface area contributed by atoms with Crippen molar-refractivity contribution in [3.8, 4) is 0 Å². The topological polar surface area (TPSA) is 94.8 Å². The van der Waals surface area contributed by atoms with Crippen molar-refractivity contribution in [2.45, 2.75) is 13.8 Å². The Morgan fingerprint density at radius 1 is 1.20 bits per heavy atom. The maximum Gasteiger partial charge on any atom is 0.414 e. The van der Waals surface area contributed by atoms with E-state index in [0.717, 1.165) is 4.47 Å². The van der Waals surface area contributed by atoms with Gasteiger partial charge >= 0.3 is 12.1 Å². The van der Waals surface area contributed by atoms with Crippen LogP contribution in [0.15, 0.2) is 46.1 Å². The van der Waals surface area contributed by atoms with Gasteiger partial charge in [-0.3, -0.25) is 5.32 Å². The molecule has 8 nitrogen and oxygen atoms in total. The lowest BCUT2D eigenvalue weighted by atomic mass is 10.3. The highest BCUT2D eigenvalue weighted by Crippen LogP contribution is 2.17. The number of amides is 1. The third-order valence-corrected chi connectivity index (χ3v) is 3.39. The Balaban J connectivity index is 2.32. The van der Waals surface area contributed by atoms with Crippen molar-refractivity contribution in [1.82, 2.24) is 15.1 Å². The third kappa shape index (κ3) is 5.42. The van der Waals surface area contributed by atoms with E-state index in [-0.39, 0.29) is 24.7 Å². The largest absolute Gasteiger partial charge is 0.462 e. The summed E-state index contributed by atoms with van der Waals surface area (Å²) in [5.74, 6) is -0.413. The summed E-state index contributed by atoms with van der Waals surface area (Å²) < 4.78 is 12.0. The monoisotopic (exact) mass is 408 g/mol. The number of carbonyl (C=O) groups excluding carboxylic acids is 2. The molecule has 0 unspecified atom stereocenters. The molecule has 2 aromatic rings. The number of hydrogen-bond donors (Lipinski definition) is 1. The summed E-state index contributed by atoms with van der Waals surface area (Å²) in [6.07, 6.45) is 2.08. The molecule has 1 aromatic carbocycles. The van der Waals surface area contributed by atoms with Crippen LogP contribution in [0.1, 0.15) is 24.2 Å². The summed E-state index contributed by atoms with van der Waals surface area (Å²) >= 11 is 3.34. The molecule has 0 aliphatic rings. The molecule has 1 N–H and O–H groups in total. The SMILES string of the molecule is CCOC(=O)N/C(=N\c1ccc(Br)cc1)n1cc(C(=O)OCC)cn1. The molecule has 0 aliphatic carbocycles. The minimum Gasteiger partial charge on any atom is -0.462 e. The predicted octanol–water partition coefficient (Wildman–Crippen LogP) is 3.10. The molecule has 25 heavy (non-hydrogen) atoms. The number of aliphatic imine (C=N–C) groups is 1. The second-order valence-electron chi connectivity index (χ2n) is 4.65. The lowest BCUT2D eigenvalue weighted by Gasteiger charge is -2.08. The van der Waals surface area contributed by atoms with Crippen LogP contribution < -0.4 is 5.32 Å². The standard InChI is InChI=1S/C16H17BrN4O4/c1-3-24-14(22)11-9-18-21(10-11)15(20-16(23)25-4-2)19-13-7-5-12(17)6-8-13/h5-10H,3-4H2,1-2H3,(H,19,20,23). The highest BCUT2D eigenvalue weighted by Gasteiger charge is 2.14. The molecule has 0 saturated heterocycles. The van der Waals surface area contributed by atoms with Crippen molar-refractivity contribution in [3.63, 3.8) is 0 Å². The zero-order valence-electron chi connectivity index (χ0n) is 13.7. The van der Waals surface area contributed by atoms with Crippen molar-refractivity contribution in [3.05, 3.63) is 46.7 Å². The molecule has 9 heteroatoms. The van der Waals surface area contributed by atoms with Crippen molar-refractivity contribution < 1.29 is 19.1 Å². The quantitative estimate of drug-likeness (QED) is 0.476. The minimum atomic E-state index is -0.674. The Morgan fingerprint density at radius 2 is 1.88 bits per heavy atom. The number of ether oxygens (including phenoxy) is 2. The molecule has 1 aromatic heterocycles. The van der Waals surface area contributed by atoms with Gasteiger partial charge in [0.2, 0.25) is 5.96 Å². The third-order valence-electron chi connectivity index (χ3n) is 2.86.